The van der Waals surface area contributed by atoms with Gasteiger partial charge in [-0.1, -0.05) is 37.3 Å². The van der Waals surface area contributed by atoms with E-state index in [1.165, 1.54) is 0 Å². The Morgan fingerprint density at radius 2 is 2.04 bits per heavy atom. The van der Waals surface area contributed by atoms with E-state index < -0.39 is 25.3 Å². The molecule has 1 aromatic carbocycles. The number of benzene rings is 1. The first-order chi connectivity index (χ1) is 11.0. The van der Waals surface area contributed by atoms with E-state index in [2.05, 4.69) is 5.32 Å². The largest absolute Gasteiger partial charge is 0.392 e. The fraction of sp³-hybridized carbons (Fsp3) is 0.500. The molecule has 0 aromatic heterocycles. The Kier molecular flexibility index (Phi) is 6.51. The highest BCUT2D eigenvalue weighted by Gasteiger charge is 2.30. The maximum absolute atomic E-state index is 12.6. The second-order valence-electron chi connectivity index (χ2n) is 5.49. The molecule has 0 spiro atoms. The van der Waals surface area contributed by atoms with Crippen molar-refractivity contribution >= 4 is 19.3 Å². The van der Waals surface area contributed by atoms with Crippen molar-refractivity contribution in [2.75, 3.05) is 18.9 Å². The summed E-state index contributed by atoms with van der Waals surface area (Å²) < 4.78 is 22.9. The predicted octanol–water partition coefficient (Wildman–Crippen LogP) is 2.32. The van der Waals surface area contributed by atoms with Crippen LogP contribution in [0.2, 0.25) is 0 Å². The smallest absolute Gasteiger partial charge is 0.330 e. The molecule has 1 saturated heterocycles. The molecule has 126 valence electrons. The number of hydrogen-bond donors (Lipinski definition) is 1. The van der Waals surface area contributed by atoms with E-state index in [4.69, 9.17) is 9.26 Å². The summed E-state index contributed by atoms with van der Waals surface area (Å²) in [6.07, 6.45) is 1.36. The van der Waals surface area contributed by atoms with Crippen LogP contribution < -0.4 is 5.32 Å². The van der Waals surface area contributed by atoms with Gasteiger partial charge in [0.15, 0.2) is 0 Å². The predicted molar refractivity (Wildman–Crippen MR) is 86.4 cm³/mol. The van der Waals surface area contributed by atoms with Crippen LogP contribution in [0.15, 0.2) is 30.3 Å². The lowest BCUT2D eigenvalue weighted by molar-refractivity contribution is -0.159. The molecule has 1 heterocycles. The van der Waals surface area contributed by atoms with Gasteiger partial charge in [0, 0.05) is 6.16 Å². The molecule has 0 amide bonds. The fourth-order valence-corrected chi connectivity index (χ4v) is 3.65. The Morgan fingerprint density at radius 3 is 2.65 bits per heavy atom. The molecule has 1 unspecified atom stereocenters. The van der Waals surface area contributed by atoms with Crippen LogP contribution in [0.1, 0.15) is 25.3 Å². The summed E-state index contributed by atoms with van der Waals surface area (Å²) in [5.41, 5.74) is 0.876. The van der Waals surface area contributed by atoms with Crippen molar-refractivity contribution in [1.29, 1.82) is 0 Å². The molecule has 0 saturated carbocycles. The number of nitrogens with one attached hydrogen (secondary N) is 1. The third-order valence-electron chi connectivity index (χ3n) is 3.72. The van der Waals surface area contributed by atoms with Crippen LogP contribution in [-0.4, -0.2) is 36.8 Å². The zero-order valence-electron chi connectivity index (χ0n) is 13.2. The number of rotatable bonds is 7. The summed E-state index contributed by atoms with van der Waals surface area (Å²) in [6.45, 7) is 2.60. The molecule has 1 aliphatic heterocycles. The topological polar surface area (TPSA) is 81.7 Å². The molecule has 1 aromatic rings. The van der Waals surface area contributed by atoms with Crippen molar-refractivity contribution in [2.45, 2.75) is 32.4 Å². The minimum Gasteiger partial charge on any atom is -0.392 e. The number of ether oxygens (including phenoxy) is 1. The van der Waals surface area contributed by atoms with E-state index in [9.17, 15) is 14.2 Å². The van der Waals surface area contributed by atoms with Crippen molar-refractivity contribution in [3.8, 4) is 0 Å². The first-order valence-corrected chi connectivity index (χ1v) is 9.76. The minimum atomic E-state index is -3.16. The second-order valence-corrected chi connectivity index (χ2v) is 8.33. The Bertz CT molecular complexity index is 583. The van der Waals surface area contributed by atoms with E-state index in [1.54, 1.807) is 6.92 Å². The summed E-state index contributed by atoms with van der Waals surface area (Å²) in [5, 5.41) is 2.96. The van der Waals surface area contributed by atoms with Crippen molar-refractivity contribution in [3.05, 3.63) is 35.9 Å². The normalized spacial score (nSPS) is 20.0. The molecule has 6 nitrogen and oxygen atoms in total. The lowest BCUT2D eigenvalue weighted by Gasteiger charge is -2.16. The van der Waals surface area contributed by atoms with E-state index >= 15 is 0 Å². The van der Waals surface area contributed by atoms with Gasteiger partial charge in [-0.2, -0.15) is 0 Å². The summed E-state index contributed by atoms with van der Waals surface area (Å²) in [5.74, 6) is -1.39. The van der Waals surface area contributed by atoms with Gasteiger partial charge < -0.3 is 14.6 Å². The average Bonchev–Trinajstić information content (AvgIpc) is 3.08. The Balaban J connectivity index is 1.85. The standard InChI is InChI=1S/C16H22NO5P/c1-2-23(20,21-11-13-7-4-3-5-8-13)12-15(18)22-16(19)14-9-6-10-17-14/h3-5,7-8,14,17H,2,6,9-12H2,1H3/t14-,23?/m0/s1. The van der Waals surface area contributed by atoms with Crippen LogP contribution in [0.25, 0.3) is 0 Å². The van der Waals surface area contributed by atoms with Gasteiger partial charge in [0.2, 0.25) is 7.37 Å². The number of esters is 2. The van der Waals surface area contributed by atoms with Gasteiger partial charge >= 0.3 is 11.9 Å². The maximum Gasteiger partial charge on any atom is 0.330 e. The molecule has 0 bridgehead atoms. The Hall–Kier alpha value is -1.49. The van der Waals surface area contributed by atoms with Gasteiger partial charge in [0.1, 0.15) is 12.2 Å². The van der Waals surface area contributed by atoms with Crippen LogP contribution in [-0.2, 0) is 30.0 Å². The quantitative estimate of drug-likeness (QED) is 0.466. The lowest BCUT2D eigenvalue weighted by atomic mass is 10.2. The zero-order valence-corrected chi connectivity index (χ0v) is 14.1. The SMILES string of the molecule is CCP(=O)(CC(=O)OC(=O)[C@@H]1CCCN1)OCc1ccccc1. The van der Waals surface area contributed by atoms with E-state index in [0.29, 0.717) is 6.42 Å². The molecule has 0 radical (unpaired) electrons. The number of carbonyl (C=O) groups is 2. The van der Waals surface area contributed by atoms with Crippen LogP contribution in [0, 0.1) is 0 Å². The summed E-state index contributed by atoms with van der Waals surface area (Å²) in [7, 11) is -3.16. The van der Waals surface area contributed by atoms with Gasteiger partial charge in [-0.3, -0.25) is 9.36 Å². The molecular formula is C16H22NO5P. The highest BCUT2D eigenvalue weighted by molar-refractivity contribution is 7.59. The summed E-state index contributed by atoms with van der Waals surface area (Å²) in [4.78, 5) is 23.6. The monoisotopic (exact) mass is 339 g/mol. The van der Waals surface area contributed by atoms with Gasteiger partial charge in [-0.25, -0.2) is 4.79 Å². The van der Waals surface area contributed by atoms with Crippen molar-refractivity contribution in [2.24, 2.45) is 0 Å². The highest BCUT2D eigenvalue weighted by Crippen LogP contribution is 2.47. The molecule has 1 aliphatic rings. The molecule has 1 fully saturated rings. The fourth-order valence-electron chi connectivity index (χ4n) is 2.31. The molecular weight excluding hydrogens is 317 g/mol. The molecule has 2 atom stereocenters. The van der Waals surface area contributed by atoms with Crippen molar-refractivity contribution in [3.63, 3.8) is 0 Å². The van der Waals surface area contributed by atoms with Gasteiger partial charge in [0.25, 0.3) is 0 Å². The van der Waals surface area contributed by atoms with Crippen LogP contribution >= 0.6 is 7.37 Å². The van der Waals surface area contributed by atoms with E-state index in [0.717, 1.165) is 18.5 Å². The minimum absolute atomic E-state index is 0.164. The van der Waals surface area contributed by atoms with Crippen LogP contribution in [0.4, 0.5) is 0 Å². The third-order valence-corrected chi connectivity index (χ3v) is 6.02. The number of carbonyl (C=O) groups excluding carboxylic acids is 2. The Labute approximate surface area is 136 Å². The average molecular weight is 339 g/mol. The molecule has 7 heteroatoms. The van der Waals surface area contributed by atoms with Crippen LogP contribution in [0.5, 0.6) is 0 Å². The summed E-state index contributed by atoms with van der Waals surface area (Å²) in [6, 6.07) is 8.86. The van der Waals surface area contributed by atoms with E-state index in [-0.39, 0.29) is 18.9 Å². The first-order valence-electron chi connectivity index (χ1n) is 7.77. The van der Waals surface area contributed by atoms with Gasteiger partial charge in [0.05, 0.1) is 6.61 Å². The van der Waals surface area contributed by atoms with Crippen molar-refractivity contribution in [1.82, 2.24) is 5.32 Å². The lowest BCUT2D eigenvalue weighted by Crippen LogP contribution is -2.34. The zero-order chi connectivity index (χ0) is 16.7. The molecule has 23 heavy (non-hydrogen) atoms. The maximum atomic E-state index is 12.6. The van der Waals surface area contributed by atoms with Gasteiger partial charge in [-0.05, 0) is 24.9 Å². The third kappa shape index (κ3) is 5.57. The molecule has 1 N–H and O–H groups in total. The summed E-state index contributed by atoms with van der Waals surface area (Å²) >= 11 is 0. The second kappa shape index (κ2) is 8.39. The van der Waals surface area contributed by atoms with Crippen molar-refractivity contribution < 1.29 is 23.4 Å². The highest BCUT2D eigenvalue weighted by atomic mass is 31.2. The Morgan fingerprint density at radius 1 is 1.30 bits per heavy atom. The van der Waals surface area contributed by atoms with Crippen LogP contribution in [0.3, 0.4) is 0 Å². The first kappa shape index (κ1) is 17.9. The number of hydrogen-bond acceptors (Lipinski definition) is 6. The van der Waals surface area contributed by atoms with Gasteiger partial charge in [-0.15, -0.1) is 0 Å². The molecule has 0 aliphatic carbocycles. The van der Waals surface area contributed by atoms with E-state index in [1.807, 2.05) is 30.3 Å². The molecule has 2 rings (SSSR count).